The van der Waals surface area contributed by atoms with Crippen LogP contribution in [0.3, 0.4) is 0 Å². The number of carbonyl (C=O) groups is 3. The minimum Gasteiger partial charge on any atom is -0.506 e. The van der Waals surface area contributed by atoms with E-state index in [4.69, 9.17) is 4.74 Å². The number of phenolic OH excluding ortho intramolecular Hbond substituents is 1. The molecule has 0 aliphatic carbocycles. The summed E-state index contributed by atoms with van der Waals surface area (Å²) < 4.78 is 47.4. The predicted molar refractivity (Wildman–Crippen MR) is 205 cm³/mol. The maximum atomic E-state index is 12.9. The van der Waals surface area contributed by atoms with Crippen molar-refractivity contribution in [2.75, 3.05) is 33.3 Å². The Kier molecular flexibility index (Phi) is 14.7. The molecule has 1 saturated heterocycles. The van der Waals surface area contributed by atoms with E-state index < -0.39 is 24.4 Å². The number of aliphatic hydroxyl groups excluding tert-OH is 1. The van der Waals surface area contributed by atoms with E-state index in [2.05, 4.69) is 25.7 Å². The summed E-state index contributed by atoms with van der Waals surface area (Å²) >= 11 is 0. The van der Waals surface area contributed by atoms with Gasteiger partial charge in [-0.25, -0.2) is 4.79 Å². The minimum atomic E-state index is -5.01. The maximum absolute atomic E-state index is 12.9. The van der Waals surface area contributed by atoms with Gasteiger partial charge in [-0.1, -0.05) is 42.5 Å². The molecule has 3 aromatic carbocycles. The first-order valence-corrected chi connectivity index (χ1v) is 18.7. The standard InChI is InChI=1S/C41H48F3N5O8/c1-25(45-24-34(51)31-8-10-33(50)39-32(31)9-12-37(53)48-39)19-29-20-28(7-11-35(29)56-2)21-38(54)47-23-27-5-3-26(4-6-27)22-46-36(52)15-18-49-16-13-30(14-17-49)57-40(55)41(42,43)44/h3-12,20,25,30,34,45,50-51H,13-19,21-24H2,1-2H3,(H,46,52)(H,47,54)(H,48,53)/t25-,34-/m0/s1. The van der Waals surface area contributed by atoms with Crippen molar-refractivity contribution in [3.8, 4) is 11.5 Å². The van der Waals surface area contributed by atoms with Crippen LogP contribution in [0.1, 0.15) is 60.1 Å². The summed E-state index contributed by atoms with van der Waals surface area (Å²) in [5.74, 6) is -1.90. The number of nitrogens with zero attached hydrogens (tertiary/aromatic N) is 1. The largest absolute Gasteiger partial charge is 0.506 e. The lowest BCUT2D eigenvalue weighted by molar-refractivity contribution is -0.206. The Morgan fingerprint density at radius 3 is 2.23 bits per heavy atom. The van der Waals surface area contributed by atoms with Crippen LogP contribution in [0.5, 0.6) is 11.5 Å². The third-order valence-corrected chi connectivity index (χ3v) is 9.86. The molecule has 0 unspecified atom stereocenters. The van der Waals surface area contributed by atoms with Crippen LogP contribution in [0.2, 0.25) is 0 Å². The molecule has 1 aliphatic heterocycles. The van der Waals surface area contributed by atoms with E-state index in [1.165, 1.54) is 12.1 Å². The average Bonchev–Trinajstić information content (AvgIpc) is 3.18. The number of fused-ring (bicyclic) bond motifs is 1. The number of methoxy groups -OCH3 is 1. The summed E-state index contributed by atoms with van der Waals surface area (Å²) in [7, 11) is 1.58. The molecule has 1 aliphatic rings. The van der Waals surface area contributed by atoms with Gasteiger partial charge in [0.25, 0.3) is 0 Å². The number of nitrogens with one attached hydrogen (secondary N) is 4. The summed E-state index contributed by atoms with van der Waals surface area (Å²) in [6.45, 7) is 4.12. The van der Waals surface area contributed by atoms with Gasteiger partial charge in [-0.2, -0.15) is 13.2 Å². The SMILES string of the molecule is COc1ccc(CC(=O)NCc2ccc(CNC(=O)CCN3CCC(OC(=O)C(F)(F)F)CC3)cc2)cc1C[C@H](C)NC[C@H](O)c1ccc(O)c2[nH]c(=O)ccc12. The molecule has 6 N–H and O–H groups in total. The number of halogens is 3. The molecule has 2 amide bonds. The number of hydrogen-bond acceptors (Lipinski definition) is 10. The van der Waals surface area contributed by atoms with Crippen LogP contribution in [0.15, 0.2) is 71.5 Å². The van der Waals surface area contributed by atoms with Gasteiger partial charge in [-0.3, -0.25) is 14.4 Å². The number of carbonyl (C=O) groups excluding carboxylic acids is 3. The lowest BCUT2D eigenvalue weighted by Gasteiger charge is -2.31. The number of aromatic hydroxyl groups is 1. The highest BCUT2D eigenvalue weighted by molar-refractivity contribution is 5.87. The third-order valence-electron chi connectivity index (χ3n) is 9.86. The smallest absolute Gasteiger partial charge is 0.490 e. The fraction of sp³-hybridized carbons (Fsp3) is 0.415. The number of benzene rings is 3. The van der Waals surface area contributed by atoms with Crippen molar-refractivity contribution < 1.29 is 47.2 Å². The number of aromatic nitrogens is 1. The summed E-state index contributed by atoms with van der Waals surface area (Å²) in [5, 5.41) is 30.8. The number of amides is 2. The number of aromatic amines is 1. The van der Waals surface area contributed by atoms with E-state index in [-0.39, 0.29) is 66.9 Å². The summed E-state index contributed by atoms with van der Waals surface area (Å²) in [5.41, 5.74) is 3.94. The Hall–Kier alpha value is -5.45. The molecule has 0 bridgehead atoms. The number of aliphatic hydroxyl groups is 1. The molecule has 306 valence electrons. The van der Waals surface area contributed by atoms with Gasteiger partial charge >= 0.3 is 12.1 Å². The number of pyridine rings is 1. The molecule has 0 saturated carbocycles. The first-order chi connectivity index (χ1) is 27.2. The second-order valence-electron chi connectivity index (χ2n) is 14.2. The average molecular weight is 796 g/mol. The molecule has 57 heavy (non-hydrogen) atoms. The monoisotopic (exact) mass is 795 g/mol. The van der Waals surface area contributed by atoms with Gasteiger partial charge in [-0.15, -0.1) is 0 Å². The van der Waals surface area contributed by atoms with Crippen molar-refractivity contribution in [3.05, 3.63) is 105 Å². The molecular weight excluding hydrogens is 747 g/mol. The fourth-order valence-electron chi connectivity index (χ4n) is 6.72. The third kappa shape index (κ3) is 12.5. The first kappa shape index (κ1) is 42.7. The van der Waals surface area contributed by atoms with Crippen LogP contribution in [-0.2, 0) is 45.1 Å². The number of ether oxygens (including phenoxy) is 2. The van der Waals surface area contributed by atoms with Gasteiger partial charge in [0, 0.05) is 63.2 Å². The van der Waals surface area contributed by atoms with Crippen LogP contribution in [0, 0.1) is 0 Å². The van der Waals surface area contributed by atoms with Crippen LogP contribution in [-0.4, -0.2) is 89.5 Å². The van der Waals surface area contributed by atoms with Gasteiger partial charge in [0.2, 0.25) is 17.4 Å². The Bertz CT molecular complexity index is 2070. The van der Waals surface area contributed by atoms with Crippen molar-refractivity contribution >= 4 is 28.7 Å². The van der Waals surface area contributed by atoms with E-state index in [1.54, 1.807) is 19.2 Å². The number of H-pyrrole nitrogens is 1. The molecule has 1 aromatic heterocycles. The van der Waals surface area contributed by atoms with Crippen molar-refractivity contribution in [1.29, 1.82) is 0 Å². The summed E-state index contributed by atoms with van der Waals surface area (Å²) in [4.78, 5) is 52.7. The van der Waals surface area contributed by atoms with Crippen LogP contribution < -0.4 is 26.2 Å². The van der Waals surface area contributed by atoms with Crippen molar-refractivity contribution in [2.45, 2.75) is 76.5 Å². The molecule has 2 atom stereocenters. The van der Waals surface area contributed by atoms with Gasteiger partial charge in [0.05, 0.1) is 25.2 Å². The van der Waals surface area contributed by atoms with Crippen molar-refractivity contribution in [3.63, 3.8) is 0 Å². The molecular formula is C41H48F3N5O8. The van der Waals surface area contributed by atoms with E-state index in [0.29, 0.717) is 55.8 Å². The Morgan fingerprint density at radius 1 is 0.930 bits per heavy atom. The molecule has 4 aromatic rings. The molecule has 5 rings (SSSR count). The summed E-state index contributed by atoms with van der Waals surface area (Å²) in [6, 6.07) is 19.0. The Balaban J connectivity index is 1.01. The quantitative estimate of drug-likeness (QED) is 0.0858. The van der Waals surface area contributed by atoms with E-state index in [1.807, 2.05) is 54.3 Å². The van der Waals surface area contributed by atoms with Gasteiger partial charge in [0.1, 0.15) is 17.6 Å². The number of piperidine rings is 1. The molecule has 1 fully saturated rings. The molecule has 13 nitrogen and oxygen atoms in total. The van der Waals surface area contributed by atoms with Crippen molar-refractivity contribution in [1.82, 2.24) is 25.8 Å². The van der Waals surface area contributed by atoms with Gasteiger partial charge in [-0.05, 0) is 72.2 Å². The van der Waals surface area contributed by atoms with Crippen LogP contribution in [0.4, 0.5) is 13.2 Å². The zero-order chi connectivity index (χ0) is 41.1. The zero-order valence-electron chi connectivity index (χ0n) is 31.8. The summed E-state index contributed by atoms with van der Waals surface area (Å²) in [6.07, 6.45) is -5.21. The van der Waals surface area contributed by atoms with E-state index >= 15 is 0 Å². The lowest BCUT2D eigenvalue weighted by Crippen LogP contribution is -2.41. The number of esters is 1. The normalized spacial score (nSPS) is 14.8. The Labute approximate surface area is 327 Å². The number of alkyl halides is 3. The van der Waals surface area contributed by atoms with Gasteiger partial charge < -0.3 is 45.5 Å². The van der Waals surface area contributed by atoms with Crippen LogP contribution in [0.25, 0.3) is 10.9 Å². The van der Waals surface area contributed by atoms with Crippen molar-refractivity contribution in [2.24, 2.45) is 0 Å². The molecule has 16 heteroatoms. The first-order valence-electron chi connectivity index (χ1n) is 18.7. The predicted octanol–water partition coefficient (Wildman–Crippen LogP) is 3.93. The topological polar surface area (TPSA) is 182 Å². The highest BCUT2D eigenvalue weighted by Gasteiger charge is 2.42. The minimum absolute atomic E-state index is 0.0784. The Morgan fingerprint density at radius 2 is 1.58 bits per heavy atom. The number of rotatable bonds is 17. The fourth-order valence-corrected chi connectivity index (χ4v) is 6.72. The van der Waals surface area contributed by atoms with E-state index in [9.17, 15) is 42.6 Å². The zero-order valence-corrected chi connectivity index (χ0v) is 31.8. The lowest BCUT2D eigenvalue weighted by atomic mass is 10.00. The molecule has 2 heterocycles. The molecule has 0 radical (unpaired) electrons. The maximum Gasteiger partial charge on any atom is 0.490 e. The molecule has 0 spiro atoms. The second-order valence-corrected chi connectivity index (χ2v) is 14.2. The van der Waals surface area contributed by atoms with Gasteiger partial charge in [0.15, 0.2) is 0 Å². The number of likely N-dealkylation sites (tertiary alicyclic amines) is 1. The number of hydrogen-bond donors (Lipinski definition) is 6. The number of phenols is 1. The van der Waals surface area contributed by atoms with E-state index in [0.717, 1.165) is 22.3 Å². The van der Waals surface area contributed by atoms with Crippen LogP contribution >= 0.6 is 0 Å². The highest BCUT2D eigenvalue weighted by Crippen LogP contribution is 2.29. The highest BCUT2D eigenvalue weighted by atomic mass is 19.4. The second kappa shape index (κ2) is 19.6.